The summed E-state index contributed by atoms with van der Waals surface area (Å²) >= 11 is 0. The van der Waals surface area contributed by atoms with E-state index in [1.807, 2.05) is 13.1 Å². The molecule has 0 radical (unpaired) electrons. The molecule has 2 atom stereocenters. The van der Waals surface area contributed by atoms with E-state index in [1.54, 1.807) is 0 Å². The normalized spacial score (nSPS) is 14.4. The zero-order chi connectivity index (χ0) is 12.7. The lowest BCUT2D eigenvalue weighted by molar-refractivity contribution is 0.289. The largest absolute Gasteiger partial charge is 0.493 e. The van der Waals surface area contributed by atoms with Crippen molar-refractivity contribution in [2.45, 2.75) is 45.6 Å². The first-order valence-electron chi connectivity index (χ1n) is 6.58. The van der Waals surface area contributed by atoms with E-state index in [-0.39, 0.29) is 0 Å². The van der Waals surface area contributed by atoms with Gasteiger partial charge in [0.1, 0.15) is 5.75 Å². The van der Waals surface area contributed by atoms with Gasteiger partial charge in [0, 0.05) is 6.04 Å². The fourth-order valence-corrected chi connectivity index (χ4v) is 1.73. The van der Waals surface area contributed by atoms with Gasteiger partial charge in [0.25, 0.3) is 0 Å². The number of rotatable bonds is 7. The lowest BCUT2D eigenvalue weighted by atomic mass is 9.98. The fourth-order valence-electron chi connectivity index (χ4n) is 1.73. The van der Waals surface area contributed by atoms with Crippen LogP contribution < -0.4 is 10.1 Å². The SMILES string of the molecule is CCC(C)c1ccccc1OCCC(C)NC. The topological polar surface area (TPSA) is 21.3 Å². The molecule has 0 amide bonds. The van der Waals surface area contributed by atoms with Crippen molar-refractivity contribution >= 4 is 0 Å². The number of hydrogen-bond donors (Lipinski definition) is 1. The zero-order valence-corrected chi connectivity index (χ0v) is 11.5. The van der Waals surface area contributed by atoms with Crippen molar-refractivity contribution in [3.05, 3.63) is 29.8 Å². The highest BCUT2D eigenvalue weighted by molar-refractivity contribution is 5.35. The van der Waals surface area contributed by atoms with E-state index in [2.05, 4.69) is 44.3 Å². The molecule has 0 heterocycles. The monoisotopic (exact) mass is 235 g/mol. The molecule has 1 aromatic carbocycles. The van der Waals surface area contributed by atoms with Crippen LogP contribution in [0.1, 0.15) is 45.1 Å². The van der Waals surface area contributed by atoms with Gasteiger partial charge in [-0.05, 0) is 44.4 Å². The molecule has 0 saturated heterocycles. The van der Waals surface area contributed by atoms with Crippen LogP contribution in [0.2, 0.25) is 0 Å². The minimum Gasteiger partial charge on any atom is -0.493 e. The number of benzene rings is 1. The van der Waals surface area contributed by atoms with E-state index in [9.17, 15) is 0 Å². The molecule has 0 fully saturated rings. The Bertz CT molecular complexity index is 324. The van der Waals surface area contributed by atoms with Crippen molar-refractivity contribution in [3.8, 4) is 5.75 Å². The molecule has 0 aliphatic rings. The van der Waals surface area contributed by atoms with Crippen LogP contribution in [-0.2, 0) is 0 Å². The molecule has 0 bridgehead atoms. The number of nitrogens with one attached hydrogen (secondary N) is 1. The summed E-state index contributed by atoms with van der Waals surface area (Å²) in [6.07, 6.45) is 2.18. The lowest BCUT2D eigenvalue weighted by Gasteiger charge is -2.17. The van der Waals surface area contributed by atoms with Gasteiger partial charge in [0.15, 0.2) is 0 Å². The van der Waals surface area contributed by atoms with E-state index in [1.165, 1.54) is 5.56 Å². The molecule has 1 rings (SSSR count). The van der Waals surface area contributed by atoms with Gasteiger partial charge in [-0.25, -0.2) is 0 Å². The molecular formula is C15H25NO. The van der Waals surface area contributed by atoms with E-state index >= 15 is 0 Å². The quantitative estimate of drug-likeness (QED) is 0.780. The highest BCUT2D eigenvalue weighted by Crippen LogP contribution is 2.28. The number of ether oxygens (including phenoxy) is 1. The molecular weight excluding hydrogens is 210 g/mol. The molecule has 17 heavy (non-hydrogen) atoms. The van der Waals surface area contributed by atoms with Crippen LogP contribution in [0.25, 0.3) is 0 Å². The zero-order valence-electron chi connectivity index (χ0n) is 11.5. The fraction of sp³-hybridized carbons (Fsp3) is 0.600. The summed E-state index contributed by atoms with van der Waals surface area (Å²) in [5.74, 6) is 1.61. The molecule has 0 aliphatic heterocycles. The van der Waals surface area contributed by atoms with Crippen LogP contribution in [0.15, 0.2) is 24.3 Å². The van der Waals surface area contributed by atoms with Crippen molar-refractivity contribution < 1.29 is 4.74 Å². The molecule has 2 heteroatoms. The summed E-state index contributed by atoms with van der Waals surface area (Å²) in [5, 5.41) is 3.22. The molecule has 1 aromatic rings. The van der Waals surface area contributed by atoms with Gasteiger partial charge in [-0.2, -0.15) is 0 Å². The predicted octanol–water partition coefficient (Wildman–Crippen LogP) is 3.58. The van der Waals surface area contributed by atoms with Crippen molar-refractivity contribution in [2.75, 3.05) is 13.7 Å². The van der Waals surface area contributed by atoms with Gasteiger partial charge in [0.05, 0.1) is 6.61 Å². The first-order valence-corrected chi connectivity index (χ1v) is 6.58. The first-order chi connectivity index (χ1) is 8.19. The molecule has 96 valence electrons. The highest BCUT2D eigenvalue weighted by atomic mass is 16.5. The Labute approximate surface area is 105 Å². The third-order valence-electron chi connectivity index (χ3n) is 3.36. The molecule has 0 spiro atoms. The molecule has 0 aliphatic carbocycles. The second-order valence-electron chi connectivity index (χ2n) is 4.67. The van der Waals surface area contributed by atoms with Crippen molar-refractivity contribution in [1.82, 2.24) is 5.32 Å². The minimum atomic E-state index is 0.505. The summed E-state index contributed by atoms with van der Waals surface area (Å²) < 4.78 is 5.89. The summed E-state index contributed by atoms with van der Waals surface area (Å²) in [7, 11) is 1.98. The smallest absolute Gasteiger partial charge is 0.122 e. The summed E-state index contributed by atoms with van der Waals surface area (Å²) in [5.41, 5.74) is 1.33. The Hall–Kier alpha value is -1.02. The predicted molar refractivity (Wildman–Crippen MR) is 73.8 cm³/mol. The van der Waals surface area contributed by atoms with Crippen LogP contribution in [0, 0.1) is 0 Å². The highest BCUT2D eigenvalue weighted by Gasteiger charge is 2.09. The van der Waals surface area contributed by atoms with Gasteiger partial charge < -0.3 is 10.1 Å². The Kier molecular flexibility index (Phi) is 6.06. The van der Waals surface area contributed by atoms with Gasteiger partial charge in [-0.15, -0.1) is 0 Å². The van der Waals surface area contributed by atoms with Crippen molar-refractivity contribution in [1.29, 1.82) is 0 Å². The van der Waals surface area contributed by atoms with Crippen LogP contribution in [-0.4, -0.2) is 19.7 Å². The van der Waals surface area contributed by atoms with E-state index in [4.69, 9.17) is 4.74 Å². The van der Waals surface area contributed by atoms with Crippen LogP contribution in [0.3, 0.4) is 0 Å². The van der Waals surface area contributed by atoms with Gasteiger partial charge in [0.2, 0.25) is 0 Å². The molecule has 0 saturated carbocycles. The maximum absolute atomic E-state index is 5.89. The Morgan fingerprint density at radius 3 is 2.59 bits per heavy atom. The molecule has 0 aromatic heterocycles. The maximum atomic E-state index is 5.89. The molecule has 2 nitrogen and oxygen atoms in total. The summed E-state index contributed by atoms with van der Waals surface area (Å²) in [6, 6.07) is 8.88. The van der Waals surface area contributed by atoms with Crippen LogP contribution in [0.5, 0.6) is 5.75 Å². The lowest BCUT2D eigenvalue weighted by Crippen LogP contribution is -2.23. The van der Waals surface area contributed by atoms with Crippen LogP contribution >= 0.6 is 0 Å². The third-order valence-corrected chi connectivity index (χ3v) is 3.36. The van der Waals surface area contributed by atoms with Gasteiger partial charge in [-0.3, -0.25) is 0 Å². The van der Waals surface area contributed by atoms with Crippen LogP contribution in [0.4, 0.5) is 0 Å². The Balaban J connectivity index is 2.58. The Morgan fingerprint density at radius 1 is 1.24 bits per heavy atom. The van der Waals surface area contributed by atoms with Gasteiger partial charge >= 0.3 is 0 Å². The van der Waals surface area contributed by atoms with E-state index < -0.39 is 0 Å². The number of hydrogen-bond acceptors (Lipinski definition) is 2. The molecule has 2 unspecified atom stereocenters. The standard InChI is InChI=1S/C15H25NO/c1-5-12(2)14-8-6-7-9-15(14)17-11-10-13(3)16-4/h6-9,12-13,16H,5,10-11H2,1-4H3. The van der Waals surface area contributed by atoms with Crippen molar-refractivity contribution in [2.24, 2.45) is 0 Å². The third kappa shape index (κ3) is 4.39. The first kappa shape index (κ1) is 14.0. The average molecular weight is 235 g/mol. The van der Waals surface area contributed by atoms with Crippen molar-refractivity contribution in [3.63, 3.8) is 0 Å². The minimum absolute atomic E-state index is 0.505. The second-order valence-corrected chi connectivity index (χ2v) is 4.67. The maximum Gasteiger partial charge on any atom is 0.122 e. The second kappa shape index (κ2) is 7.33. The van der Waals surface area contributed by atoms with E-state index in [0.29, 0.717) is 12.0 Å². The van der Waals surface area contributed by atoms with E-state index in [0.717, 1.165) is 25.2 Å². The molecule has 1 N–H and O–H groups in total. The average Bonchev–Trinajstić information content (AvgIpc) is 2.38. The summed E-state index contributed by atoms with van der Waals surface area (Å²) in [6.45, 7) is 7.41. The van der Waals surface area contributed by atoms with Gasteiger partial charge in [-0.1, -0.05) is 32.0 Å². The number of para-hydroxylation sites is 1. The summed E-state index contributed by atoms with van der Waals surface area (Å²) in [4.78, 5) is 0. The Morgan fingerprint density at radius 2 is 1.94 bits per heavy atom.